The molecule has 1 aromatic rings. The van der Waals surface area contributed by atoms with Crippen molar-refractivity contribution in [1.82, 2.24) is 0 Å². The molecule has 0 spiro atoms. The Bertz CT molecular complexity index is 254. The van der Waals surface area contributed by atoms with Gasteiger partial charge in [0.2, 0.25) is 0 Å². The summed E-state index contributed by atoms with van der Waals surface area (Å²) in [6.45, 7) is 5.59. The summed E-state index contributed by atoms with van der Waals surface area (Å²) in [5, 5.41) is 0. The Labute approximate surface area is 86.1 Å². The molecule has 1 aromatic carbocycles. The van der Waals surface area contributed by atoms with Crippen molar-refractivity contribution in [3.8, 4) is 5.75 Å². The van der Waals surface area contributed by atoms with Gasteiger partial charge in [-0.2, -0.15) is 0 Å². The van der Waals surface area contributed by atoms with Crippen molar-refractivity contribution in [1.29, 1.82) is 0 Å². The largest absolute Gasteiger partial charge is 0.492 e. The van der Waals surface area contributed by atoms with Crippen LogP contribution >= 0.6 is 0 Å². The number of benzene rings is 1. The maximum atomic E-state index is 5.39. The van der Waals surface area contributed by atoms with E-state index in [2.05, 4.69) is 26.0 Å². The first-order valence-electron chi connectivity index (χ1n) is 5.14. The van der Waals surface area contributed by atoms with Crippen molar-refractivity contribution in [3.05, 3.63) is 29.8 Å². The fraction of sp³-hybridized carbons (Fsp3) is 0.500. The third-order valence-corrected chi connectivity index (χ3v) is 1.95. The van der Waals surface area contributed by atoms with Gasteiger partial charge in [0.15, 0.2) is 0 Å². The van der Waals surface area contributed by atoms with Gasteiger partial charge < -0.3 is 10.5 Å². The minimum atomic E-state index is 0.563. The Morgan fingerprint density at radius 2 is 1.86 bits per heavy atom. The van der Waals surface area contributed by atoms with Gasteiger partial charge in [-0.1, -0.05) is 26.0 Å². The van der Waals surface area contributed by atoms with Gasteiger partial charge in [0.25, 0.3) is 0 Å². The highest BCUT2D eigenvalue weighted by atomic mass is 16.5. The smallest absolute Gasteiger partial charge is 0.119 e. The first kappa shape index (κ1) is 11.1. The molecule has 0 fully saturated rings. The van der Waals surface area contributed by atoms with Crippen molar-refractivity contribution < 1.29 is 4.74 Å². The molecule has 78 valence electrons. The fourth-order valence-electron chi connectivity index (χ4n) is 1.37. The average molecular weight is 193 g/mol. The van der Waals surface area contributed by atoms with Crippen molar-refractivity contribution in [2.24, 2.45) is 11.7 Å². The second-order valence-corrected chi connectivity index (χ2v) is 3.88. The summed E-state index contributed by atoms with van der Waals surface area (Å²) >= 11 is 0. The number of hydrogen-bond acceptors (Lipinski definition) is 2. The van der Waals surface area contributed by atoms with Crippen LogP contribution in [-0.4, -0.2) is 13.2 Å². The lowest BCUT2D eigenvalue weighted by molar-refractivity contribution is 0.328. The molecular weight excluding hydrogens is 174 g/mol. The standard InChI is InChI=1S/C12H19NO/c1-10(2)9-11-3-5-12(6-4-11)14-8-7-13/h3-6,10H,7-9,13H2,1-2H3. The maximum Gasteiger partial charge on any atom is 0.119 e. The molecule has 2 heteroatoms. The first-order chi connectivity index (χ1) is 6.72. The lowest BCUT2D eigenvalue weighted by Gasteiger charge is -2.07. The molecule has 2 nitrogen and oxygen atoms in total. The van der Waals surface area contributed by atoms with Crippen LogP contribution in [0.2, 0.25) is 0 Å². The van der Waals surface area contributed by atoms with Crippen LogP contribution in [0.4, 0.5) is 0 Å². The van der Waals surface area contributed by atoms with Crippen LogP contribution in [0.25, 0.3) is 0 Å². The normalized spacial score (nSPS) is 10.6. The predicted molar refractivity (Wildman–Crippen MR) is 59.5 cm³/mol. The number of ether oxygens (including phenoxy) is 1. The van der Waals surface area contributed by atoms with Gasteiger partial charge in [-0.25, -0.2) is 0 Å². The molecule has 0 radical (unpaired) electrons. The molecule has 14 heavy (non-hydrogen) atoms. The molecule has 0 aromatic heterocycles. The van der Waals surface area contributed by atoms with Crippen molar-refractivity contribution in [3.63, 3.8) is 0 Å². The summed E-state index contributed by atoms with van der Waals surface area (Å²) in [7, 11) is 0. The van der Waals surface area contributed by atoms with Crippen LogP contribution in [-0.2, 0) is 6.42 Å². The third-order valence-electron chi connectivity index (χ3n) is 1.95. The zero-order valence-corrected chi connectivity index (χ0v) is 8.99. The van der Waals surface area contributed by atoms with E-state index in [0.717, 1.165) is 12.2 Å². The zero-order chi connectivity index (χ0) is 10.4. The van der Waals surface area contributed by atoms with Crippen molar-refractivity contribution in [2.75, 3.05) is 13.2 Å². The Balaban J connectivity index is 2.50. The summed E-state index contributed by atoms with van der Waals surface area (Å²) in [5.41, 5.74) is 6.71. The second kappa shape index (κ2) is 5.66. The summed E-state index contributed by atoms with van der Waals surface area (Å²) in [4.78, 5) is 0. The zero-order valence-electron chi connectivity index (χ0n) is 8.99. The van der Waals surface area contributed by atoms with Gasteiger partial charge in [-0.05, 0) is 30.0 Å². The molecule has 0 bridgehead atoms. The van der Waals surface area contributed by atoms with E-state index in [-0.39, 0.29) is 0 Å². The molecule has 0 aliphatic rings. The average Bonchev–Trinajstić information content (AvgIpc) is 2.16. The van der Waals surface area contributed by atoms with Gasteiger partial charge >= 0.3 is 0 Å². The Morgan fingerprint density at radius 1 is 1.21 bits per heavy atom. The summed E-state index contributed by atoms with van der Waals surface area (Å²) < 4.78 is 5.39. The van der Waals surface area contributed by atoms with E-state index < -0.39 is 0 Å². The van der Waals surface area contributed by atoms with Gasteiger partial charge in [-0.15, -0.1) is 0 Å². The van der Waals surface area contributed by atoms with E-state index in [9.17, 15) is 0 Å². The number of rotatable bonds is 5. The van der Waals surface area contributed by atoms with Gasteiger partial charge in [0, 0.05) is 6.54 Å². The molecule has 0 aliphatic carbocycles. The molecule has 0 unspecified atom stereocenters. The monoisotopic (exact) mass is 193 g/mol. The number of hydrogen-bond donors (Lipinski definition) is 1. The highest BCUT2D eigenvalue weighted by Crippen LogP contribution is 2.14. The van der Waals surface area contributed by atoms with Crippen LogP contribution < -0.4 is 10.5 Å². The molecule has 0 saturated heterocycles. The molecule has 0 saturated carbocycles. The van der Waals surface area contributed by atoms with E-state index in [1.807, 2.05) is 12.1 Å². The van der Waals surface area contributed by atoms with Crippen LogP contribution in [0.1, 0.15) is 19.4 Å². The molecule has 1 rings (SSSR count). The summed E-state index contributed by atoms with van der Waals surface area (Å²) in [5.74, 6) is 1.61. The molecule has 0 amide bonds. The predicted octanol–water partition coefficient (Wildman–Crippen LogP) is 2.22. The highest BCUT2D eigenvalue weighted by Gasteiger charge is 1.98. The molecule has 0 atom stereocenters. The molecule has 0 heterocycles. The topological polar surface area (TPSA) is 35.2 Å². The van der Waals surface area contributed by atoms with Crippen LogP contribution in [0.15, 0.2) is 24.3 Å². The minimum Gasteiger partial charge on any atom is -0.492 e. The Kier molecular flexibility index (Phi) is 4.47. The van der Waals surface area contributed by atoms with Gasteiger partial charge in [0.1, 0.15) is 12.4 Å². The SMILES string of the molecule is CC(C)Cc1ccc(OCCN)cc1. The van der Waals surface area contributed by atoms with Crippen molar-refractivity contribution >= 4 is 0 Å². The third kappa shape index (κ3) is 3.79. The summed E-state index contributed by atoms with van der Waals surface area (Å²) in [6, 6.07) is 8.25. The van der Waals surface area contributed by atoms with E-state index >= 15 is 0 Å². The van der Waals surface area contributed by atoms with Gasteiger partial charge in [0.05, 0.1) is 0 Å². The second-order valence-electron chi connectivity index (χ2n) is 3.88. The van der Waals surface area contributed by atoms with Crippen LogP contribution in [0, 0.1) is 5.92 Å². The Morgan fingerprint density at radius 3 is 2.36 bits per heavy atom. The minimum absolute atomic E-state index is 0.563. The molecule has 0 aliphatic heterocycles. The molecule has 2 N–H and O–H groups in total. The maximum absolute atomic E-state index is 5.39. The fourth-order valence-corrected chi connectivity index (χ4v) is 1.37. The van der Waals surface area contributed by atoms with E-state index in [4.69, 9.17) is 10.5 Å². The highest BCUT2D eigenvalue weighted by molar-refractivity contribution is 5.27. The first-order valence-corrected chi connectivity index (χ1v) is 5.14. The number of nitrogens with two attached hydrogens (primary N) is 1. The van der Waals surface area contributed by atoms with Crippen LogP contribution in [0.5, 0.6) is 5.75 Å². The lowest BCUT2D eigenvalue weighted by Crippen LogP contribution is -2.10. The van der Waals surface area contributed by atoms with E-state index in [1.165, 1.54) is 5.56 Å². The van der Waals surface area contributed by atoms with E-state index in [1.54, 1.807) is 0 Å². The molecular formula is C12H19NO. The van der Waals surface area contributed by atoms with E-state index in [0.29, 0.717) is 19.1 Å². The van der Waals surface area contributed by atoms with Crippen LogP contribution in [0.3, 0.4) is 0 Å². The Hall–Kier alpha value is -1.02. The summed E-state index contributed by atoms with van der Waals surface area (Å²) in [6.07, 6.45) is 1.12. The van der Waals surface area contributed by atoms with Crippen molar-refractivity contribution in [2.45, 2.75) is 20.3 Å². The lowest BCUT2D eigenvalue weighted by atomic mass is 10.0. The quantitative estimate of drug-likeness (QED) is 0.778. The van der Waals surface area contributed by atoms with Gasteiger partial charge in [-0.3, -0.25) is 0 Å².